The van der Waals surface area contributed by atoms with Gasteiger partial charge in [-0.05, 0) is 53.1 Å². The van der Waals surface area contributed by atoms with E-state index in [1.165, 1.54) is 21.7 Å². The van der Waals surface area contributed by atoms with Crippen molar-refractivity contribution in [2.45, 2.75) is 26.1 Å². The number of pyridine rings is 1. The van der Waals surface area contributed by atoms with Crippen LogP contribution in [0, 0.1) is 0 Å². The van der Waals surface area contributed by atoms with E-state index in [4.69, 9.17) is 4.98 Å². The molecule has 5 heteroatoms. The summed E-state index contributed by atoms with van der Waals surface area (Å²) in [6.45, 7) is 4.79. The minimum absolute atomic E-state index is 0.637. The van der Waals surface area contributed by atoms with Crippen LogP contribution in [0.3, 0.4) is 0 Å². The summed E-state index contributed by atoms with van der Waals surface area (Å²) in [4.78, 5) is 7.32. The molecule has 1 aliphatic heterocycles. The molecule has 4 aromatic rings. The first-order chi connectivity index (χ1) is 14.5. The van der Waals surface area contributed by atoms with Gasteiger partial charge in [0.1, 0.15) is 0 Å². The van der Waals surface area contributed by atoms with Crippen molar-refractivity contribution >= 4 is 21.7 Å². The highest BCUT2D eigenvalue weighted by molar-refractivity contribution is 6.09. The smallest absolute Gasteiger partial charge is 0.299 e. The van der Waals surface area contributed by atoms with E-state index in [9.17, 15) is 13.2 Å². The van der Waals surface area contributed by atoms with Crippen LogP contribution in [-0.2, 0) is 19.1 Å². The Morgan fingerprint density at radius 2 is 1.70 bits per heavy atom. The normalized spacial score (nSPS) is 14.9. The molecule has 2 nitrogen and oxygen atoms in total. The second kappa shape index (κ2) is 7.10. The summed E-state index contributed by atoms with van der Waals surface area (Å²) in [5.41, 5.74) is 4.18. The quantitative estimate of drug-likeness (QED) is 0.356. The number of alkyl halides is 3. The Labute approximate surface area is 173 Å². The lowest BCUT2D eigenvalue weighted by atomic mass is 9.89. The number of hydrogen-bond acceptors (Lipinski definition) is 2. The van der Waals surface area contributed by atoms with Crippen molar-refractivity contribution in [1.82, 2.24) is 9.88 Å². The Hall–Kier alpha value is -2.92. The summed E-state index contributed by atoms with van der Waals surface area (Å²) >= 11 is 0. The van der Waals surface area contributed by atoms with Crippen molar-refractivity contribution in [2.24, 2.45) is 0 Å². The Morgan fingerprint density at radius 3 is 2.43 bits per heavy atom. The molecule has 1 aliphatic rings. The van der Waals surface area contributed by atoms with Gasteiger partial charge >= 0.3 is 6.18 Å². The number of aromatic nitrogens is 1. The highest BCUT2D eigenvalue weighted by Gasteiger charge is 2.30. The maximum atomic E-state index is 13.0. The molecule has 3 aromatic carbocycles. The van der Waals surface area contributed by atoms with E-state index in [1.54, 1.807) is 12.1 Å². The molecule has 0 saturated carbocycles. The number of benzene rings is 3. The fourth-order valence-electron chi connectivity index (χ4n) is 4.50. The molecule has 0 N–H and O–H groups in total. The third-order valence-corrected chi connectivity index (χ3v) is 6.08. The summed E-state index contributed by atoms with van der Waals surface area (Å²) in [5, 5.41) is 3.53. The first-order valence-corrected chi connectivity index (χ1v) is 10.2. The lowest BCUT2D eigenvalue weighted by Crippen LogP contribution is -2.31. The molecule has 2 heterocycles. The molecule has 0 aliphatic carbocycles. The minimum Gasteiger partial charge on any atom is -0.299 e. The molecule has 152 valence electrons. The van der Waals surface area contributed by atoms with Crippen LogP contribution in [-0.4, -0.2) is 23.0 Å². The zero-order valence-electron chi connectivity index (χ0n) is 16.6. The minimum atomic E-state index is -4.34. The molecule has 0 bridgehead atoms. The monoisotopic (exact) mass is 406 g/mol. The van der Waals surface area contributed by atoms with Crippen molar-refractivity contribution in [1.29, 1.82) is 0 Å². The Balaban J connectivity index is 1.77. The van der Waals surface area contributed by atoms with Crippen molar-refractivity contribution in [3.63, 3.8) is 0 Å². The van der Waals surface area contributed by atoms with Crippen LogP contribution in [0.2, 0.25) is 0 Å². The Kier molecular flexibility index (Phi) is 4.51. The summed E-state index contributed by atoms with van der Waals surface area (Å²) < 4.78 is 39.1. The van der Waals surface area contributed by atoms with Crippen molar-refractivity contribution < 1.29 is 13.2 Å². The second-order valence-electron chi connectivity index (χ2n) is 7.79. The maximum absolute atomic E-state index is 13.0. The first-order valence-electron chi connectivity index (χ1n) is 10.2. The van der Waals surface area contributed by atoms with Crippen molar-refractivity contribution in [2.75, 3.05) is 13.1 Å². The van der Waals surface area contributed by atoms with Gasteiger partial charge in [0.15, 0.2) is 0 Å². The molecule has 0 fully saturated rings. The first kappa shape index (κ1) is 19.1. The zero-order chi connectivity index (χ0) is 20.9. The van der Waals surface area contributed by atoms with E-state index < -0.39 is 11.7 Å². The van der Waals surface area contributed by atoms with Crippen LogP contribution >= 0.6 is 0 Å². The summed E-state index contributed by atoms with van der Waals surface area (Å²) in [5.74, 6) is 0. The van der Waals surface area contributed by atoms with E-state index in [-0.39, 0.29) is 0 Å². The Bertz CT molecular complexity index is 1240. The third-order valence-electron chi connectivity index (χ3n) is 6.08. The van der Waals surface area contributed by atoms with E-state index in [2.05, 4.69) is 30.0 Å². The average molecular weight is 406 g/mol. The highest BCUT2D eigenvalue weighted by atomic mass is 19.4. The second-order valence-corrected chi connectivity index (χ2v) is 7.79. The number of hydrogen-bond donors (Lipinski definition) is 0. The van der Waals surface area contributed by atoms with Gasteiger partial charge < -0.3 is 0 Å². The summed E-state index contributed by atoms with van der Waals surface area (Å²) in [6.07, 6.45) is -3.43. The van der Waals surface area contributed by atoms with Gasteiger partial charge in [-0.3, -0.25) is 4.90 Å². The molecule has 0 amide bonds. The van der Waals surface area contributed by atoms with Crippen LogP contribution in [0.4, 0.5) is 13.2 Å². The van der Waals surface area contributed by atoms with Gasteiger partial charge in [0, 0.05) is 24.0 Å². The van der Waals surface area contributed by atoms with Gasteiger partial charge in [-0.15, -0.1) is 0 Å². The van der Waals surface area contributed by atoms with Crippen molar-refractivity contribution in [3.05, 3.63) is 77.4 Å². The van der Waals surface area contributed by atoms with Crippen LogP contribution in [0.5, 0.6) is 0 Å². The number of likely N-dealkylation sites (N-methyl/N-ethyl adjacent to an activating group) is 1. The van der Waals surface area contributed by atoms with Crippen LogP contribution in [0.25, 0.3) is 32.9 Å². The third kappa shape index (κ3) is 3.14. The lowest BCUT2D eigenvalue weighted by Gasteiger charge is -2.30. The molecular formula is C25H21F3N2. The molecule has 30 heavy (non-hydrogen) atoms. The lowest BCUT2D eigenvalue weighted by molar-refractivity contribution is -0.137. The van der Waals surface area contributed by atoms with Gasteiger partial charge in [-0.2, -0.15) is 13.2 Å². The SMILES string of the molecule is CCN1CCc2c(c(-c3ccc(C(F)(F)F)cc3)nc3ccc4ccccc4c23)C1. The van der Waals surface area contributed by atoms with Crippen molar-refractivity contribution in [3.8, 4) is 11.3 Å². The number of halogens is 3. The molecule has 5 rings (SSSR count). The van der Waals surface area contributed by atoms with E-state index >= 15 is 0 Å². The number of nitrogens with zero attached hydrogens (tertiary/aromatic N) is 2. The molecular weight excluding hydrogens is 385 g/mol. The average Bonchev–Trinajstić information content (AvgIpc) is 2.77. The summed E-state index contributed by atoms with van der Waals surface area (Å²) in [7, 11) is 0. The molecule has 0 saturated heterocycles. The maximum Gasteiger partial charge on any atom is 0.416 e. The highest BCUT2D eigenvalue weighted by Crippen LogP contribution is 2.38. The Morgan fingerprint density at radius 1 is 0.933 bits per heavy atom. The predicted molar refractivity (Wildman–Crippen MR) is 114 cm³/mol. The topological polar surface area (TPSA) is 16.1 Å². The van der Waals surface area contributed by atoms with E-state index in [0.717, 1.165) is 60.5 Å². The fraction of sp³-hybridized carbons (Fsp3) is 0.240. The number of rotatable bonds is 2. The fourth-order valence-corrected chi connectivity index (χ4v) is 4.50. The molecule has 0 radical (unpaired) electrons. The molecule has 0 unspecified atom stereocenters. The zero-order valence-corrected chi connectivity index (χ0v) is 16.6. The van der Waals surface area contributed by atoms with Gasteiger partial charge in [0.25, 0.3) is 0 Å². The van der Waals surface area contributed by atoms with E-state index in [1.807, 2.05) is 18.2 Å². The molecule has 0 spiro atoms. The van der Waals surface area contributed by atoms with Crippen LogP contribution < -0.4 is 0 Å². The van der Waals surface area contributed by atoms with Crippen LogP contribution in [0.1, 0.15) is 23.6 Å². The van der Waals surface area contributed by atoms with Gasteiger partial charge in [-0.1, -0.05) is 49.4 Å². The number of fused-ring (bicyclic) bond motifs is 5. The van der Waals surface area contributed by atoms with Crippen LogP contribution in [0.15, 0.2) is 60.7 Å². The van der Waals surface area contributed by atoms with Gasteiger partial charge in [0.2, 0.25) is 0 Å². The summed E-state index contributed by atoms with van der Waals surface area (Å²) in [6, 6.07) is 17.8. The molecule has 1 aromatic heterocycles. The standard InChI is InChI=1S/C25H21F3N2/c1-2-30-14-13-20-21(15-30)24(17-7-10-18(11-8-17)25(26,27)28)29-22-12-9-16-5-3-4-6-19(16)23(20)22/h3-12H,2,13-15H2,1H3. The van der Waals surface area contributed by atoms with Gasteiger partial charge in [-0.25, -0.2) is 4.98 Å². The molecule has 0 atom stereocenters. The predicted octanol–water partition coefficient (Wildman–Crippen LogP) is 6.45. The van der Waals surface area contributed by atoms with Gasteiger partial charge in [0.05, 0.1) is 16.8 Å². The van der Waals surface area contributed by atoms with E-state index in [0.29, 0.717) is 0 Å². The largest absolute Gasteiger partial charge is 0.416 e.